The molecule has 0 aliphatic carbocycles. The van der Waals surface area contributed by atoms with E-state index in [-0.39, 0.29) is 23.0 Å². The summed E-state index contributed by atoms with van der Waals surface area (Å²) in [6, 6.07) is 16.1. The van der Waals surface area contributed by atoms with Gasteiger partial charge in [-0.25, -0.2) is 19.9 Å². The van der Waals surface area contributed by atoms with Crippen LogP contribution in [0.15, 0.2) is 72.8 Å². The highest BCUT2D eigenvalue weighted by Gasteiger charge is 2.33. The molecule has 388 valence electrons. The Balaban J connectivity index is 0.000000236. The number of aromatic nitrogens is 4. The van der Waals surface area contributed by atoms with Crippen molar-refractivity contribution in [1.29, 1.82) is 0 Å². The molecule has 0 atom stereocenters. The van der Waals surface area contributed by atoms with E-state index in [1.54, 1.807) is 0 Å². The molecule has 20 nitrogen and oxygen atoms in total. The van der Waals surface area contributed by atoms with E-state index < -0.39 is 49.3 Å². The van der Waals surface area contributed by atoms with E-state index in [0.717, 1.165) is 0 Å². The number of nitrogen functional groups attached to an aromatic ring is 4. The number of nitrogens with two attached hydrogens (primary N) is 4. The second-order valence-electron chi connectivity index (χ2n) is 12.3. The van der Waals surface area contributed by atoms with Gasteiger partial charge in [0, 0.05) is 24.3 Å². The Labute approximate surface area is 404 Å². The number of aromatic amines is 4. The number of hydrogen-bond acceptors (Lipinski definition) is 20. The van der Waals surface area contributed by atoms with Crippen LogP contribution in [-0.2, 0) is 19.2 Å². The number of ether oxygens (including phenoxy) is 4. The van der Waals surface area contributed by atoms with Crippen LogP contribution in [0.2, 0.25) is 0 Å². The van der Waals surface area contributed by atoms with Crippen molar-refractivity contribution in [1.82, 2.24) is 0 Å². The van der Waals surface area contributed by atoms with Gasteiger partial charge < -0.3 is 58.6 Å². The molecule has 0 saturated heterocycles. The first kappa shape index (κ1) is 58.2. The predicted octanol–water partition coefficient (Wildman–Crippen LogP) is 1.76. The van der Waals surface area contributed by atoms with Gasteiger partial charge in [-0.05, 0) is 93.9 Å². The van der Waals surface area contributed by atoms with Crippen molar-refractivity contribution in [2.45, 2.75) is 25.4 Å². The Morgan fingerprint density at radius 1 is 0.361 bits per heavy atom. The summed E-state index contributed by atoms with van der Waals surface area (Å²) >= 11 is 4.67. The average Bonchev–Trinajstić information content (AvgIpc) is 3.98. The number of rotatable bonds is 4. The summed E-state index contributed by atoms with van der Waals surface area (Å²) in [4.78, 5) is 46.9. The highest BCUT2D eigenvalue weighted by molar-refractivity contribution is 7.22. The van der Waals surface area contributed by atoms with Gasteiger partial charge in [-0.15, -0.1) is 52.7 Å². The Kier molecular flexibility index (Phi) is 19.5. The number of hydrogen-bond donors (Lipinski definition) is 4. The van der Waals surface area contributed by atoms with Gasteiger partial charge in [0.1, 0.15) is 45.1 Å². The quantitative estimate of drug-likeness (QED) is 0.144. The number of halogens is 12. The maximum absolute atomic E-state index is 11.9. The molecule has 72 heavy (non-hydrogen) atoms. The third-order valence-electron chi connectivity index (χ3n) is 6.99. The predicted molar refractivity (Wildman–Crippen MR) is 218 cm³/mol. The van der Waals surface area contributed by atoms with Gasteiger partial charge in [-0.2, -0.15) is 0 Å². The summed E-state index contributed by atoms with van der Waals surface area (Å²) in [5.41, 5.74) is 24.6. The first-order valence-electron chi connectivity index (χ1n) is 17.8. The fraction of sp³-hybridized carbons (Fsp3) is 0.111. The molecule has 4 heterocycles. The molecule has 0 spiro atoms. The van der Waals surface area contributed by atoms with E-state index in [9.17, 15) is 52.7 Å². The molecule has 4 aromatic heterocycles. The van der Waals surface area contributed by atoms with Crippen LogP contribution < -0.4 is 82.2 Å². The zero-order valence-corrected chi connectivity index (χ0v) is 37.6. The topological polar surface area (TPSA) is 358 Å². The zero-order chi connectivity index (χ0) is 54.5. The van der Waals surface area contributed by atoms with E-state index in [2.05, 4.69) is 38.9 Å². The average molecular weight is 1120 g/mol. The molecule has 0 saturated carbocycles. The number of thiazole rings is 4. The number of alkyl halides is 12. The van der Waals surface area contributed by atoms with Crippen molar-refractivity contribution in [2.75, 3.05) is 22.9 Å². The minimum absolute atomic E-state index is 0.245. The third kappa shape index (κ3) is 21.3. The molecule has 0 radical (unpaired) electrons. The minimum atomic E-state index is -4.67. The van der Waals surface area contributed by atoms with Gasteiger partial charge in [-0.1, -0.05) is 0 Å². The summed E-state index contributed by atoms with van der Waals surface area (Å²) in [5, 5.41) is 37.5. The molecule has 4 aromatic carbocycles. The van der Waals surface area contributed by atoms with Gasteiger partial charge in [0.2, 0.25) is 0 Å². The standard InChI is InChI=1S/4C8H5F3N2OS.2C2H2O4/c4*9-8(10,11)14-4-1-2-5-6(3-4)15-7(12)13-5;2*3-1(4)2(5)6/h4*1-3H,(H2,12,13);2*(H,3,4)(H,5,6). The molecule has 0 aliphatic rings. The Morgan fingerprint density at radius 3 is 0.667 bits per heavy atom. The fourth-order valence-electron chi connectivity index (χ4n) is 4.66. The summed E-state index contributed by atoms with van der Waals surface area (Å²) in [6.45, 7) is 0. The van der Waals surface area contributed by atoms with Gasteiger partial charge >= 0.3 is 46.0 Å². The SMILES string of the molecule is Nc1[nH+]c2ccc(OC(F)(F)F)cc2s1.Nc1[nH+]c2ccc(OC(F)(F)F)cc2s1.Nc1[nH+]c2ccc(OC(F)(F)F)cc2s1.Nc1[nH+]c2ccc(OC(F)(F)F)cc2s1.O=C([O-])C(=O)[O-].O=C([O-])C(=O)[O-]. The van der Waals surface area contributed by atoms with E-state index >= 15 is 0 Å². The van der Waals surface area contributed by atoms with Crippen LogP contribution in [0.1, 0.15) is 0 Å². The highest BCUT2D eigenvalue weighted by atomic mass is 32.1. The monoisotopic (exact) mass is 1120 g/mol. The van der Waals surface area contributed by atoms with Crippen molar-refractivity contribution in [2.24, 2.45) is 0 Å². The largest absolute Gasteiger partial charge is 0.573 e. The van der Waals surface area contributed by atoms with Crippen LogP contribution >= 0.6 is 45.3 Å². The summed E-state index contributed by atoms with van der Waals surface area (Å²) < 4.78 is 160. The lowest BCUT2D eigenvalue weighted by molar-refractivity contribution is -0.345. The number of nitrogens with one attached hydrogen (secondary N) is 4. The maximum Gasteiger partial charge on any atom is 0.573 e. The lowest BCUT2D eigenvalue weighted by Crippen LogP contribution is -2.42. The molecule has 0 fully saturated rings. The van der Waals surface area contributed by atoms with Crippen LogP contribution in [0.4, 0.5) is 73.2 Å². The van der Waals surface area contributed by atoms with Crippen LogP contribution in [0, 0.1) is 0 Å². The van der Waals surface area contributed by atoms with Crippen LogP contribution in [0.5, 0.6) is 23.0 Å². The molecule has 12 N–H and O–H groups in total. The molecular weight excluding hydrogens is 1090 g/mol. The zero-order valence-electron chi connectivity index (χ0n) is 34.3. The summed E-state index contributed by atoms with van der Waals surface area (Å²) in [5.74, 6) is -9.72. The Hall–Kier alpha value is -8.12. The molecule has 0 aliphatic heterocycles. The number of carboxylic acid groups (broad SMARTS) is 4. The number of carbonyl (C=O) groups excluding carboxylic acids is 4. The Morgan fingerprint density at radius 2 is 0.528 bits per heavy atom. The number of benzene rings is 4. The van der Waals surface area contributed by atoms with E-state index in [1.807, 2.05) is 0 Å². The second-order valence-corrected chi connectivity index (χ2v) is 16.7. The summed E-state index contributed by atoms with van der Waals surface area (Å²) in [6.07, 6.45) is -18.7. The van der Waals surface area contributed by atoms with Crippen molar-refractivity contribution in [3.63, 3.8) is 0 Å². The van der Waals surface area contributed by atoms with Crippen molar-refractivity contribution < 1.29 is 131 Å². The van der Waals surface area contributed by atoms with Gasteiger partial charge in [0.25, 0.3) is 0 Å². The second kappa shape index (κ2) is 24.1. The van der Waals surface area contributed by atoms with Crippen LogP contribution in [-0.4, -0.2) is 49.3 Å². The lowest BCUT2D eigenvalue weighted by atomic mass is 10.3. The van der Waals surface area contributed by atoms with Gasteiger partial charge in [0.15, 0.2) is 0 Å². The van der Waals surface area contributed by atoms with Gasteiger partial charge in [-0.3, -0.25) is 22.9 Å². The molecule has 8 aromatic rings. The lowest BCUT2D eigenvalue weighted by Gasteiger charge is -2.07. The first-order chi connectivity index (χ1) is 33.0. The van der Waals surface area contributed by atoms with E-state index in [4.69, 9.17) is 62.5 Å². The highest BCUT2D eigenvalue weighted by Crippen LogP contribution is 2.32. The number of H-pyrrole nitrogens is 4. The number of anilines is 4. The van der Waals surface area contributed by atoms with Crippen LogP contribution in [0.3, 0.4) is 0 Å². The molecule has 0 amide bonds. The normalized spacial score (nSPS) is 11.2. The minimum Gasteiger partial charge on any atom is -0.543 e. The summed E-state index contributed by atoms with van der Waals surface area (Å²) in [7, 11) is 0. The fourth-order valence-corrected chi connectivity index (χ4v) is 7.86. The van der Waals surface area contributed by atoms with Gasteiger partial charge in [0.05, 0.1) is 42.7 Å². The smallest absolute Gasteiger partial charge is 0.543 e. The molecule has 36 heteroatoms. The van der Waals surface area contributed by atoms with E-state index in [1.165, 1.54) is 118 Å². The van der Waals surface area contributed by atoms with Crippen molar-refractivity contribution in [3.05, 3.63) is 72.8 Å². The number of carboxylic acids is 4. The Bertz CT molecular complexity index is 2740. The molecule has 0 unspecified atom stereocenters. The number of fused-ring (bicyclic) bond motifs is 4. The molecule has 0 bridgehead atoms. The molecular formula is C36H24F12N8O12S4. The molecule has 8 rings (SSSR count). The maximum atomic E-state index is 11.9. The van der Waals surface area contributed by atoms with Crippen molar-refractivity contribution in [3.8, 4) is 23.0 Å². The van der Waals surface area contributed by atoms with Crippen LogP contribution in [0.25, 0.3) is 40.9 Å². The van der Waals surface area contributed by atoms with Crippen molar-refractivity contribution >= 4 is 131 Å². The first-order valence-corrected chi connectivity index (χ1v) is 21.0. The number of aliphatic carboxylic acids is 4. The van der Waals surface area contributed by atoms with E-state index in [0.29, 0.717) is 61.4 Å². The third-order valence-corrected chi connectivity index (χ3v) is 10.5. The number of carbonyl (C=O) groups is 4.